The summed E-state index contributed by atoms with van der Waals surface area (Å²) in [7, 11) is 0. The first-order valence-corrected chi connectivity index (χ1v) is 11.7. The third-order valence-corrected chi connectivity index (χ3v) is 6.48. The van der Waals surface area contributed by atoms with E-state index in [0.717, 1.165) is 36.9 Å². The highest BCUT2D eigenvalue weighted by Crippen LogP contribution is 2.33. The van der Waals surface area contributed by atoms with Crippen LogP contribution in [0.4, 0.5) is 10.5 Å². The number of benzene rings is 2. The first-order valence-electron chi connectivity index (χ1n) is 10.9. The van der Waals surface area contributed by atoms with Gasteiger partial charge in [0.05, 0.1) is 28.9 Å². The Bertz CT molecular complexity index is 1070. The standard InChI is InChI=1S/C24H26Cl2N4O3/c1-2-33-23(31)21-19(27-24(32)28-22(21)16-7-3-4-8-17(16)25)15-29-11-13-30(14-12-29)20-10-6-5-9-18(20)26/h3-10,22H,2,11-15H2,1H3,(H2,27,28,32)/t22-/m0/s1. The summed E-state index contributed by atoms with van der Waals surface area (Å²) in [6.45, 7) is 5.48. The molecule has 0 aliphatic carbocycles. The number of nitrogens with one attached hydrogen (secondary N) is 2. The molecule has 0 unspecified atom stereocenters. The SMILES string of the molecule is CCOC(=O)C1=C(CN2CCN(c3ccccc3Cl)CC2)NC(=O)N[C@H]1c1ccccc1Cl. The van der Waals surface area contributed by atoms with Crippen LogP contribution in [0.5, 0.6) is 0 Å². The minimum atomic E-state index is -0.689. The van der Waals surface area contributed by atoms with Crippen molar-refractivity contribution in [3.8, 4) is 0 Å². The van der Waals surface area contributed by atoms with Crippen molar-refractivity contribution in [2.45, 2.75) is 13.0 Å². The summed E-state index contributed by atoms with van der Waals surface area (Å²) < 4.78 is 5.34. The lowest BCUT2D eigenvalue weighted by Crippen LogP contribution is -2.52. The second-order valence-electron chi connectivity index (χ2n) is 7.88. The number of piperazine rings is 1. The number of amides is 2. The van der Waals surface area contributed by atoms with Gasteiger partial charge in [-0.25, -0.2) is 9.59 Å². The molecule has 4 rings (SSSR count). The molecule has 7 nitrogen and oxygen atoms in total. The molecule has 2 aromatic rings. The number of nitrogens with zero attached hydrogens (tertiary/aromatic N) is 2. The molecule has 9 heteroatoms. The van der Waals surface area contributed by atoms with Crippen molar-refractivity contribution in [1.82, 2.24) is 15.5 Å². The molecular weight excluding hydrogens is 463 g/mol. The van der Waals surface area contributed by atoms with Gasteiger partial charge in [-0.1, -0.05) is 53.5 Å². The summed E-state index contributed by atoms with van der Waals surface area (Å²) >= 11 is 12.8. The van der Waals surface area contributed by atoms with Crippen molar-refractivity contribution >= 4 is 40.9 Å². The van der Waals surface area contributed by atoms with Crippen molar-refractivity contribution in [3.05, 3.63) is 75.4 Å². The predicted molar refractivity (Wildman–Crippen MR) is 130 cm³/mol. The fraction of sp³-hybridized carbons (Fsp3) is 0.333. The fourth-order valence-corrected chi connectivity index (χ4v) is 4.71. The summed E-state index contributed by atoms with van der Waals surface area (Å²) in [6.07, 6.45) is 0. The van der Waals surface area contributed by atoms with Gasteiger partial charge in [-0.3, -0.25) is 4.90 Å². The predicted octanol–water partition coefficient (Wildman–Crippen LogP) is 3.99. The molecule has 0 spiro atoms. The summed E-state index contributed by atoms with van der Waals surface area (Å²) in [5.74, 6) is -0.473. The number of carbonyl (C=O) groups excluding carboxylic acids is 2. The van der Waals surface area contributed by atoms with Crippen LogP contribution < -0.4 is 15.5 Å². The first-order chi connectivity index (χ1) is 16.0. The molecular formula is C24H26Cl2N4O3. The highest BCUT2D eigenvalue weighted by Gasteiger charge is 2.35. The number of rotatable bonds is 6. The van der Waals surface area contributed by atoms with E-state index in [-0.39, 0.29) is 12.6 Å². The van der Waals surface area contributed by atoms with E-state index in [1.165, 1.54) is 0 Å². The second kappa shape index (κ2) is 10.5. The van der Waals surface area contributed by atoms with Gasteiger partial charge in [0.15, 0.2) is 0 Å². The molecule has 2 aliphatic heterocycles. The van der Waals surface area contributed by atoms with Crippen LogP contribution in [0.3, 0.4) is 0 Å². The van der Waals surface area contributed by atoms with Crippen LogP contribution in [-0.2, 0) is 9.53 Å². The smallest absolute Gasteiger partial charge is 0.338 e. The van der Waals surface area contributed by atoms with Crippen molar-refractivity contribution in [2.75, 3.05) is 44.2 Å². The average Bonchev–Trinajstić information content (AvgIpc) is 2.80. The van der Waals surface area contributed by atoms with Gasteiger partial charge in [0, 0.05) is 43.4 Å². The van der Waals surface area contributed by atoms with Gasteiger partial charge in [0.1, 0.15) is 0 Å². The molecule has 2 aromatic carbocycles. The second-order valence-corrected chi connectivity index (χ2v) is 8.69. The zero-order chi connectivity index (χ0) is 23.4. The third-order valence-electron chi connectivity index (χ3n) is 5.81. The molecule has 0 bridgehead atoms. The van der Waals surface area contributed by atoms with Crippen LogP contribution in [0.15, 0.2) is 59.8 Å². The van der Waals surface area contributed by atoms with E-state index in [0.29, 0.717) is 28.4 Å². The Morgan fingerprint density at radius 2 is 1.70 bits per heavy atom. The quantitative estimate of drug-likeness (QED) is 0.601. The van der Waals surface area contributed by atoms with Gasteiger partial charge in [-0.2, -0.15) is 0 Å². The Hall–Kier alpha value is -2.74. The number of hydrogen-bond acceptors (Lipinski definition) is 5. The van der Waals surface area contributed by atoms with Crippen LogP contribution in [0.2, 0.25) is 10.0 Å². The third kappa shape index (κ3) is 5.27. The number of esters is 1. The van der Waals surface area contributed by atoms with Gasteiger partial charge < -0.3 is 20.3 Å². The zero-order valence-electron chi connectivity index (χ0n) is 18.3. The minimum Gasteiger partial charge on any atom is -0.463 e. The number of halogens is 2. The first kappa shape index (κ1) is 23.4. The molecule has 33 heavy (non-hydrogen) atoms. The number of carbonyl (C=O) groups is 2. The van der Waals surface area contributed by atoms with E-state index in [9.17, 15) is 9.59 Å². The highest BCUT2D eigenvalue weighted by atomic mass is 35.5. The molecule has 2 aliphatic rings. The lowest BCUT2D eigenvalue weighted by Gasteiger charge is -2.38. The van der Waals surface area contributed by atoms with E-state index in [1.807, 2.05) is 36.4 Å². The molecule has 2 N–H and O–H groups in total. The van der Waals surface area contributed by atoms with Gasteiger partial charge in [-0.15, -0.1) is 0 Å². The zero-order valence-corrected chi connectivity index (χ0v) is 19.8. The van der Waals surface area contributed by atoms with Crippen molar-refractivity contribution in [3.63, 3.8) is 0 Å². The number of para-hydroxylation sites is 1. The Labute approximate surface area is 203 Å². The molecule has 0 aromatic heterocycles. The van der Waals surface area contributed by atoms with Crippen molar-refractivity contribution < 1.29 is 14.3 Å². The molecule has 1 fully saturated rings. The summed E-state index contributed by atoms with van der Waals surface area (Å²) in [4.78, 5) is 29.9. The summed E-state index contributed by atoms with van der Waals surface area (Å²) in [5.41, 5.74) is 2.57. The largest absolute Gasteiger partial charge is 0.463 e. The maximum atomic E-state index is 13.0. The van der Waals surface area contributed by atoms with Gasteiger partial charge in [0.25, 0.3) is 0 Å². The number of urea groups is 1. The van der Waals surface area contributed by atoms with E-state index in [4.69, 9.17) is 27.9 Å². The molecule has 2 amide bonds. The van der Waals surface area contributed by atoms with E-state index < -0.39 is 12.0 Å². The number of anilines is 1. The Balaban J connectivity index is 1.57. The van der Waals surface area contributed by atoms with Crippen LogP contribution in [-0.4, -0.2) is 56.2 Å². The maximum Gasteiger partial charge on any atom is 0.338 e. The van der Waals surface area contributed by atoms with Crippen molar-refractivity contribution in [1.29, 1.82) is 0 Å². The van der Waals surface area contributed by atoms with Crippen LogP contribution >= 0.6 is 23.2 Å². The molecule has 174 valence electrons. The normalized spacial score (nSPS) is 19.2. The van der Waals surface area contributed by atoms with E-state index >= 15 is 0 Å². The monoisotopic (exact) mass is 488 g/mol. The molecule has 0 radical (unpaired) electrons. The van der Waals surface area contributed by atoms with E-state index in [2.05, 4.69) is 20.4 Å². The van der Waals surface area contributed by atoms with Gasteiger partial charge in [0.2, 0.25) is 0 Å². The molecule has 1 saturated heterocycles. The average molecular weight is 489 g/mol. The molecule has 2 heterocycles. The molecule has 1 atom stereocenters. The fourth-order valence-electron chi connectivity index (χ4n) is 4.21. The Morgan fingerprint density at radius 3 is 2.36 bits per heavy atom. The lowest BCUT2D eigenvalue weighted by atomic mass is 9.94. The Kier molecular flexibility index (Phi) is 7.42. The van der Waals surface area contributed by atoms with Gasteiger partial charge in [-0.05, 0) is 30.7 Å². The van der Waals surface area contributed by atoms with Crippen LogP contribution in [0.25, 0.3) is 0 Å². The Morgan fingerprint density at radius 1 is 1.03 bits per heavy atom. The number of ether oxygens (including phenoxy) is 1. The lowest BCUT2D eigenvalue weighted by molar-refractivity contribution is -0.139. The minimum absolute atomic E-state index is 0.231. The van der Waals surface area contributed by atoms with Crippen LogP contribution in [0.1, 0.15) is 18.5 Å². The number of hydrogen-bond donors (Lipinski definition) is 2. The van der Waals surface area contributed by atoms with Crippen molar-refractivity contribution in [2.24, 2.45) is 0 Å². The highest BCUT2D eigenvalue weighted by molar-refractivity contribution is 6.33. The van der Waals surface area contributed by atoms with Crippen LogP contribution in [0, 0.1) is 0 Å². The van der Waals surface area contributed by atoms with E-state index in [1.54, 1.807) is 19.1 Å². The summed E-state index contributed by atoms with van der Waals surface area (Å²) in [6, 6.07) is 13.9. The topological polar surface area (TPSA) is 73.9 Å². The van der Waals surface area contributed by atoms with Gasteiger partial charge >= 0.3 is 12.0 Å². The summed E-state index contributed by atoms with van der Waals surface area (Å²) in [5, 5.41) is 6.86. The molecule has 0 saturated carbocycles. The maximum absolute atomic E-state index is 13.0.